The van der Waals surface area contributed by atoms with Crippen LogP contribution in [0.1, 0.15) is 24.3 Å². The van der Waals surface area contributed by atoms with Gasteiger partial charge in [-0.3, -0.25) is 4.79 Å². The van der Waals surface area contributed by atoms with Crippen LogP contribution in [0, 0.1) is 5.92 Å². The lowest BCUT2D eigenvalue weighted by Gasteiger charge is -2.01. The van der Waals surface area contributed by atoms with Gasteiger partial charge in [-0.1, -0.05) is 25.4 Å². The lowest BCUT2D eigenvalue weighted by Crippen LogP contribution is -2.09. The van der Waals surface area contributed by atoms with Crippen LogP contribution in [0.5, 0.6) is 0 Å². The number of ketones is 1. The van der Waals surface area contributed by atoms with Gasteiger partial charge in [-0.15, -0.1) is 0 Å². The zero-order chi connectivity index (χ0) is 9.14. The summed E-state index contributed by atoms with van der Waals surface area (Å²) >= 11 is 5.59. The molecule has 0 aromatic carbocycles. The lowest BCUT2D eigenvalue weighted by atomic mass is 10.1. The van der Waals surface area contributed by atoms with E-state index in [2.05, 4.69) is 9.97 Å². The number of hydrogen-bond donors (Lipinski definition) is 0. The summed E-state index contributed by atoms with van der Waals surface area (Å²) in [6.45, 7) is 3.64. The first-order chi connectivity index (χ1) is 5.61. The molecular weight excluding hydrogens is 176 g/mol. The van der Waals surface area contributed by atoms with Gasteiger partial charge >= 0.3 is 0 Å². The van der Waals surface area contributed by atoms with E-state index in [1.165, 1.54) is 12.4 Å². The Bertz CT molecular complexity index is 299. The number of nitrogens with zero attached hydrogens (tertiary/aromatic N) is 2. The summed E-state index contributed by atoms with van der Waals surface area (Å²) in [4.78, 5) is 18.8. The van der Waals surface area contributed by atoms with Gasteiger partial charge in [0.25, 0.3) is 0 Å². The van der Waals surface area contributed by atoms with Crippen LogP contribution in [0.15, 0.2) is 12.4 Å². The van der Waals surface area contributed by atoms with Crippen molar-refractivity contribution in [1.29, 1.82) is 0 Å². The second-order valence-corrected chi connectivity index (χ2v) is 3.13. The number of aromatic nitrogens is 2. The number of Topliss-reactive ketones (excluding diaryl/α,β-unsaturated/α-hetero) is 1. The Kier molecular flexibility index (Phi) is 2.76. The van der Waals surface area contributed by atoms with Crippen LogP contribution >= 0.6 is 11.6 Å². The van der Waals surface area contributed by atoms with Crippen molar-refractivity contribution >= 4 is 17.4 Å². The first-order valence-electron chi connectivity index (χ1n) is 3.63. The van der Waals surface area contributed by atoms with E-state index in [0.29, 0.717) is 10.8 Å². The predicted octanol–water partition coefficient (Wildman–Crippen LogP) is 1.97. The molecule has 0 amide bonds. The van der Waals surface area contributed by atoms with Crippen LogP contribution in [0.25, 0.3) is 0 Å². The highest BCUT2D eigenvalue weighted by Crippen LogP contribution is 2.08. The third-order valence-corrected chi connectivity index (χ3v) is 1.62. The highest BCUT2D eigenvalue weighted by Gasteiger charge is 2.11. The highest BCUT2D eigenvalue weighted by molar-refractivity contribution is 6.29. The monoisotopic (exact) mass is 184 g/mol. The van der Waals surface area contributed by atoms with E-state index in [0.717, 1.165) is 0 Å². The fourth-order valence-corrected chi connectivity index (χ4v) is 0.911. The van der Waals surface area contributed by atoms with Gasteiger partial charge in [0.1, 0.15) is 17.2 Å². The number of carbonyl (C=O) groups is 1. The van der Waals surface area contributed by atoms with Crippen LogP contribution in [-0.2, 0) is 0 Å². The van der Waals surface area contributed by atoms with Crippen molar-refractivity contribution in [2.75, 3.05) is 0 Å². The smallest absolute Gasteiger partial charge is 0.183 e. The second-order valence-electron chi connectivity index (χ2n) is 2.74. The van der Waals surface area contributed by atoms with E-state index in [1.807, 2.05) is 13.8 Å². The number of rotatable bonds is 2. The van der Waals surface area contributed by atoms with Crippen LogP contribution in [0.3, 0.4) is 0 Å². The van der Waals surface area contributed by atoms with E-state index in [-0.39, 0.29) is 11.7 Å². The van der Waals surface area contributed by atoms with Crippen molar-refractivity contribution in [1.82, 2.24) is 9.97 Å². The Morgan fingerprint density at radius 3 is 2.67 bits per heavy atom. The zero-order valence-corrected chi connectivity index (χ0v) is 7.67. The molecule has 0 saturated heterocycles. The molecule has 1 heterocycles. The molecule has 3 nitrogen and oxygen atoms in total. The minimum absolute atomic E-state index is 0.0145. The maximum absolute atomic E-state index is 11.3. The number of carbonyl (C=O) groups excluding carboxylic acids is 1. The van der Waals surface area contributed by atoms with Crippen molar-refractivity contribution in [3.63, 3.8) is 0 Å². The Labute approximate surface area is 75.8 Å². The summed E-state index contributed by atoms with van der Waals surface area (Å²) in [6.07, 6.45) is 1.29. The molecule has 0 spiro atoms. The van der Waals surface area contributed by atoms with Crippen molar-refractivity contribution in [2.24, 2.45) is 5.92 Å². The summed E-state index contributed by atoms with van der Waals surface area (Å²) in [5.41, 5.74) is 0.380. The fraction of sp³-hybridized carbons (Fsp3) is 0.375. The van der Waals surface area contributed by atoms with Gasteiger partial charge in [0.15, 0.2) is 5.78 Å². The van der Waals surface area contributed by atoms with Gasteiger partial charge in [0, 0.05) is 12.0 Å². The largest absolute Gasteiger partial charge is 0.292 e. The molecule has 1 rings (SSSR count). The number of hydrogen-bond acceptors (Lipinski definition) is 3. The molecule has 0 aliphatic carbocycles. The predicted molar refractivity (Wildman–Crippen MR) is 46.2 cm³/mol. The Morgan fingerprint density at radius 2 is 2.17 bits per heavy atom. The normalized spacial score (nSPS) is 10.3. The van der Waals surface area contributed by atoms with Crippen LogP contribution in [0.4, 0.5) is 0 Å². The lowest BCUT2D eigenvalue weighted by molar-refractivity contribution is 0.0934. The van der Waals surface area contributed by atoms with Crippen molar-refractivity contribution in [3.05, 3.63) is 23.2 Å². The van der Waals surface area contributed by atoms with Crippen LogP contribution < -0.4 is 0 Å². The van der Waals surface area contributed by atoms with Gasteiger partial charge < -0.3 is 0 Å². The molecule has 0 saturated carbocycles. The third kappa shape index (κ3) is 2.01. The average Bonchev–Trinajstić information content (AvgIpc) is 2.03. The molecule has 0 atom stereocenters. The first-order valence-corrected chi connectivity index (χ1v) is 4.01. The molecule has 0 N–H and O–H groups in total. The molecule has 12 heavy (non-hydrogen) atoms. The molecule has 4 heteroatoms. The summed E-state index contributed by atoms with van der Waals surface area (Å²) in [6, 6.07) is 1.48. The quantitative estimate of drug-likeness (QED) is 0.521. The topological polar surface area (TPSA) is 42.9 Å². The number of halogens is 1. The van der Waals surface area contributed by atoms with Crippen LogP contribution in [0.2, 0.25) is 5.15 Å². The summed E-state index contributed by atoms with van der Waals surface area (Å²) in [5, 5.41) is 0.300. The molecule has 0 aliphatic rings. The van der Waals surface area contributed by atoms with Crippen LogP contribution in [-0.4, -0.2) is 15.8 Å². The van der Waals surface area contributed by atoms with E-state index in [1.54, 1.807) is 0 Å². The summed E-state index contributed by atoms with van der Waals surface area (Å²) in [5.74, 6) is -0.0738. The Balaban J connectivity index is 2.96. The van der Waals surface area contributed by atoms with Gasteiger partial charge in [0.05, 0.1) is 0 Å². The molecule has 0 radical (unpaired) electrons. The standard InChI is InChI=1S/C8H9ClN2O/c1-5(2)8(12)6-3-7(9)11-4-10-6/h3-5H,1-2H3. The highest BCUT2D eigenvalue weighted by atomic mass is 35.5. The van der Waals surface area contributed by atoms with Crippen molar-refractivity contribution in [3.8, 4) is 0 Å². The first kappa shape index (κ1) is 9.13. The third-order valence-electron chi connectivity index (χ3n) is 1.41. The molecular formula is C8H9ClN2O. The van der Waals surface area contributed by atoms with E-state index < -0.39 is 0 Å². The molecule has 0 bridgehead atoms. The van der Waals surface area contributed by atoms with E-state index in [9.17, 15) is 4.79 Å². The maximum Gasteiger partial charge on any atom is 0.183 e. The Hall–Kier alpha value is -0.960. The van der Waals surface area contributed by atoms with E-state index >= 15 is 0 Å². The zero-order valence-electron chi connectivity index (χ0n) is 6.91. The van der Waals surface area contributed by atoms with Gasteiger partial charge in [-0.2, -0.15) is 0 Å². The average molecular weight is 185 g/mol. The van der Waals surface area contributed by atoms with E-state index in [4.69, 9.17) is 11.6 Å². The molecule has 0 aliphatic heterocycles. The van der Waals surface area contributed by atoms with Crippen molar-refractivity contribution < 1.29 is 4.79 Å². The summed E-state index contributed by atoms with van der Waals surface area (Å²) in [7, 11) is 0. The molecule has 0 unspecified atom stereocenters. The molecule has 0 fully saturated rings. The van der Waals surface area contributed by atoms with Gasteiger partial charge in [0.2, 0.25) is 0 Å². The fourth-order valence-electron chi connectivity index (χ4n) is 0.764. The molecule has 1 aromatic rings. The second kappa shape index (κ2) is 3.63. The van der Waals surface area contributed by atoms with Gasteiger partial charge in [-0.25, -0.2) is 9.97 Å². The SMILES string of the molecule is CC(C)C(=O)c1cc(Cl)ncn1. The maximum atomic E-state index is 11.3. The van der Waals surface area contributed by atoms with Crippen molar-refractivity contribution in [2.45, 2.75) is 13.8 Å². The van der Waals surface area contributed by atoms with Gasteiger partial charge in [-0.05, 0) is 0 Å². The minimum Gasteiger partial charge on any atom is -0.292 e. The minimum atomic E-state index is -0.0593. The summed E-state index contributed by atoms with van der Waals surface area (Å²) < 4.78 is 0. The Morgan fingerprint density at radius 1 is 1.50 bits per heavy atom. The molecule has 64 valence electrons. The molecule has 1 aromatic heterocycles.